The molecule has 0 unspecified atom stereocenters. The molecule has 6 heteroatoms. The molecular formula is C19H23ClN2O2S. The molecular weight excluding hydrogens is 356 g/mol. The predicted molar refractivity (Wildman–Crippen MR) is 106 cm³/mol. The number of rotatable bonds is 7. The topological polar surface area (TPSA) is 40.6 Å². The van der Waals surface area contributed by atoms with Crippen LogP contribution in [-0.2, 0) is 16.6 Å². The summed E-state index contributed by atoms with van der Waals surface area (Å²) in [6.07, 6.45) is 1.59. The van der Waals surface area contributed by atoms with Gasteiger partial charge in [0, 0.05) is 43.3 Å². The minimum atomic E-state index is -3.50. The Hall–Kier alpha value is -1.82. The van der Waals surface area contributed by atoms with Gasteiger partial charge in [0.05, 0.1) is 0 Å². The molecule has 0 heterocycles. The third-order valence-electron chi connectivity index (χ3n) is 3.83. The Morgan fingerprint density at radius 2 is 1.60 bits per heavy atom. The van der Waals surface area contributed by atoms with Crippen LogP contribution in [0.25, 0.3) is 6.08 Å². The summed E-state index contributed by atoms with van der Waals surface area (Å²) < 4.78 is 26.6. The smallest absolute Gasteiger partial charge is 0.236 e. The van der Waals surface area contributed by atoms with Crippen LogP contribution in [0.5, 0.6) is 0 Å². The van der Waals surface area contributed by atoms with Crippen LogP contribution in [0.4, 0.5) is 5.69 Å². The van der Waals surface area contributed by atoms with Gasteiger partial charge < -0.3 is 4.90 Å². The average molecular weight is 379 g/mol. The fourth-order valence-electron chi connectivity index (χ4n) is 2.31. The fraction of sp³-hybridized carbons (Fsp3) is 0.263. The van der Waals surface area contributed by atoms with E-state index in [1.54, 1.807) is 30.3 Å². The summed E-state index contributed by atoms with van der Waals surface area (Å²) >= 11 is 5.84. The first-order chi connectivity index (χ1) is 11.8. The first kappa shape index (κ1) is 19.5. The third kappa shape index (κ3) is 5.59. The molecule has 0 fully saturated rings. The van der Waals surface area contributed by atoms with Crippen molar-refractivity contribution in [3.8, 4) is 0 Å². The van der Waals surface area contributed by atoms with Crippen molar-refractivity contribution in [3.63, 3.8) is 0 Å². The predicted octanol–water partition coefficient (Wildman–Crippen LogP) is 4.23. The molecule has 2 aromatic carbocycles. The highest BCUT2D eigenvalue weighted by atomic mass is 35.5. The van der Waals surface area contributed by atoms with Crippen LogP contribution in [-0.4, -0.2) is 33.4 Å². The number of hydrogen-bond acceptors (Lipinski definition) is 3. The van der Waals surface area contributed by atoms with Crippen LogP contribution in [0.1, 0.15) is 18.1 Å². The molecule has 25 heavy (non-hydrogen) atoms. The van der Waals surface area contributed by atoms with E-state index in [1.165, 1.54) is 9.71 Å². The van der Waals surface area contributed by atoms with Crippen molar-refractivity contribution in [3.05, 3.63) is 70.1 Å². The van der Waals surface area contributed by atoms with Crippen molar-refractivity contribution in [1.82, 2.24) is 4.31 Å². The van der Waals surface area contributed by atoms with Gasteiger partial charge >= 0.3 is 0 Å². The summed E-state index contributed by atoms with van der Waals surface area (Å²) in [5, 5.41) is 1.87. The van der Waals surface area contributed by atoms with Gasteiger partial charge in [-0.05, 0) is 41.5 Å². The van der Waals surface area contributed by atoms with Crippen molar-refractivity contribution in [1.29, 1.82) is 0 Å². The van der Waals surface area contributed by atoms with Gasteiger partial charge in [0.15, 0.2) is 0 Å². The van der Waals surface area contributed by atoms with Crippen LogP contribution in [0.15, 0.2) is 53.9 Å². The highest BCUT2D eigenvalue weighted by Crippen LogP contribution is 2.17. The van der Waals surface area contributed by atoms with Gasteiger partial charge in [-0.1, -0.05) is 42.8 Å². The third-order valence-corrected chi connectivity index (χ3v) is 5.67. The number of hydrogen-bond donors (Lipinski definition) is 0. The van der Waals surface area contributed by atoms with E-state index < -0.39 is 10.0 Å². The van der Waals surface area contributed by atoms with E-state index in [-0.39, 0.29) is 0 Å². The van der Waals surface area contributed by atoms with Gasteiger partial charge in [-0.25, -0.2) is 8.42 Å². The SMILES string of the molecule is CCN(Cc1ccc(N(C)C)cc1)S(=O)(=O)C=Cc1ccc(Cl)cc1. The minimum Gasteiger partial charge on any atom is -0.378 e. The van der Waals surface area contributed by atoms with E-state index in [0.717, 1.165) is 16.8 Å². The second kappa shape index (κ2) is 8.52. The maximum absolute atomic E-state index is 12.6. The first-order valence-corrected chi connectivity index (χ1v) is 9.90. The molecule has 134 valence electrons. The Bertz CT molecular complexity index is 814. The van der Waals surface area contributed by atoms with Gasteiger partial charge in [-0.15, -0.1) is 0 Å². The van der Waals surface area contributed by atoms with Gasteiger partial charge in [0.25, 0.3) is 0 Å². The van der Waals surface area contributed by atoms with Gasteiger partial charge in [0.2, 0.25) is 10.0 Å². The summed E-state index contributed by atoms with van der Waals surface area (Å²) in [6.45, 7) is 2.59. The second-order valence-corrected chi connectivity index (χ2v) is 8.14. The minimum absolute atomic E-state index is 0.345. The molecule has 0 aliphatic rings. The molecule has 2 rings (SSSR count). The van der Waals surface area contributed by atoms with Crippen molar-refractivity contribution in [2.24, 2.45) is 0 Å². The molecule has 0 atom stereocenters. The van der Waals surface area contributed by atoms with E-state index >= 15 is 0 Å². The zero-order valence-corrected chi connectivity index (χ0v) is 16.3. The summed E-state index contributed by atoms with van der Waals surface area (Å²) in [7, 11) is 0.447. The lowest BCUT2D eigenvalue weighted by atomic mass is 10.2. The summed E-state index contributed by atoms with van der Waals surface area (Å²) in [4.78, 5) is 2.01. The second-order valence-electron chi connectivity index (χ2n) is 5.89. The largest absolute Gasteiger partial charge is 0.378 e. The van der Waals surface area contributed by atoms with Gasteiger partial charge in [0.1, 0.15) is 0 Å². The van der Waals surface area contributed by atoms with Gasteiger partial charge in [-0.3, -0.25) is 0 Å². The van der Waals surface area contributed by atoms with Crippen molar-refractivity contribution >= 4 is 33.4 Å². The van der Waals surface area contributed by atoms with E-state index in [0.29, 0.717) is 18.1 Å². The average Bonchev–Trinajstić information content (AvgIpc) is 2.59. The molecule has 4 nitrogen and oxygen atoms in total. The maximum atomic E-state index is 12.6. The highest BCUT2D eigenvalue weighted by molar-refractivity contribution is 7.92. The van der Waals surface area contributed by atoms with Crippen molar-refractivity contribution in [2.75, 3.05) is 25.5 Å². The monoisotopic (exact) mass is 378 g/mol. The molecule has 0 N–H and O–H groups in total. The van der Waals surface area contributed by atoms with Crippen LogP contribution in [0.3, 0.4) is 0 Å². The molecule has 2 aromatic rings. The summed E-state index contributed by atoms with van der Waals surface area (Å²) in [5.74, 6) is 0. The standard InChI is InChI=1S/C19H23ClN2O2S/c1-4-22(15-17-7-11-19(12-8-17)21(2)3)25(23,24)14-13-16-5-9-18(20)10-6-16/h5-14H,4,15H2,1-3H3. The van der Waals surface area contributed by atoms with Crippen molar-refractivity contribution in [2.45, 2.75) is 13.5 Å². The molecule has 0 aromatic heterocycles. The lowest BCUT2D eigenvalue weighted by molar-refractivity contribution is 0.430. The molecule has 0 saturated heterocycles. The lowest BCUT2D eigenvalue weighted by Gasteiger charge is -2.19. The quantitative estimate of drug-likeness (QED) is 0.723. The first-order valence-electron chi connectivity index (χ1n) is 8.02. The number of benzene rings is 2. The number of halogens is 1. The molecule has 0 spiro atoms. The van der Waals surface area contributed by atoms with Crippen LogP contribution in [0, 0.1) is 0 Å². The number of nitrogens with zero attached hydrogens (tertiary/aromatic N) is 2. The molecule has 0 saturated carbocycles. The molecule has 0 bridgehead atoms. The molecule has 0 aliphatic carbocycles. The molecule has 0 amide bonds. The fourth-order valence-corrected chi connectivity index (χ4v) is 3.63. The Labute approximate surface area is 155 Å². The van der Waals surface area contributed by atoms with E-state index in [2.05, 4.69) is 0 Å². The highest BCUT2D eigenvalue weighted by Gasteiger charge is 2.17. The zero-order valence-electron chi connectivity index (χ0n) is 14.7. The van der Waals surface area contributed by atoms with E-state index in [4.69, 9.17) is 11.6 Å². The van der Waals surface area contributed by atoms with Crippen LogP contribution < -0.4 is 4.90 Å². The Kier molecular flexibility index (Phi) is 6.64. The van der Waals surface area contributed by atoms with E-state index in [1.807, 2.05) is 50.2 Å². The van der Waals surface area contributed by atoms with Crippen molar-refractivity contribution < 1.29 is 8.42 Å². The zero-order chi connectivity index (χ0) is 18.4. The lowest BCUT2D eigenvalue weighted by Crippen LogP contribution is -2.28. The Morgan fingerprint density at radius 1 is 1.00 bits per heavy atom. The molecule has 0 radical (unpaired) electrons. The van der Waals surface area contributed by atoms with E-state index in [9.17, 15) is 8.42 Å². The number of anilines is 1. The number of sulfonamides is 1. The Balaban J connectivity index is 2.13. The maximum Gasteiger partial charge on any atom is 0.236 e. The van der Waals surface area contributed by atoms with Crippen LogP contribution in [0.2, 0.25) is 5.02 Å². The van der Waals surface area contributed by atoms with Crippen LogP contribution >= 0.6 is 11.6 Å². The molecule has 0 aliphatic heterocycles. The summed E-state index contributed by atoms with van der Waals surface area (Å²) in [6, 6.07) is 14.9. The normalized spacial score (nSPS) is 12.0. The summed E-state index contributed by atoms with van der Waals surface area (Å²) in [5.41, 5.74) is 2.83. The Morgan fingerprint density at radius 3 is 2.12 bits per heavy atom. The van der Waals surface area contributed by atoms with Gasteiger partial charge in [-0.2, -0.15) is 4.31 Å².